The summed E-state index contributed by atoms with van der Waals surface area (Å²) in [7, 11) is 0. The van der Waals surface area contributed by atoms with Gasteiger partial charge in [0.2, 0.25) is 0 Å². The fourth-order valence-corrected chi connectivity index (χ4v) is 1.24. The Morgan fingerprint density at radius 2 is 2.12 bits per heavy atom. The molecular weight excluding hydrogens is 228 g/mol. The SMILES string of the molecule is Nc1c(Cl)ncnc1NCc1cnccn1. The van der Waals surface area contributed by atoms with Crippen molar-refractivity contribution in [3.05, 3.63) is 35.8 Å². The lowest BCUT2D eigenvalue weighted by Gasteiger charge is -2.07. The fraction of sp³-hybridized carbons (Fsp3) is 0.111. The Kier molecular flexibility index (Phi) is 3.11. The predicted octanol–water partition coefficient (Wildman–Crippen LogP) is 1.11. The average Bonchev–Trinajstić information content (AvgIpc) is 2.32. The zero-order valence-corrected chi connectivity index (χ0v) is 9.02. The number of halogens is 1. The van der Waals surface area contributed by atoms with Gasteiger partial charge in [0, 0.05) is 12.4 Å². The Hall–Kier alpha value is -1.95. The van der Waals surface area contributed by atoms with E-state index in [1.54, 1.807) is 18.6 Å². The van der Waals surface area contributed by atoms with E-state index < -0.39 is 0 Å². The zero-order chi connectivity index (χ0) is 11.4. The minimum Gasteiger partial charge on any atom is -0.393 e. The summed E-state index contributed by atoms with van der Waals surface area (Å²) in [5.74, 6) is 0.491. The molecule has 2 heterocycles. The third-order valence-corrected chi connectivity index (χ3v) is 2.19. The minimum absolute atomic E-state index is 0.233. The fourth-order valence-electron chi connectivity index (χ4n) is 1.11. The van der Waals surface area contributed by atoms with Gasteiger partial charge in [0.25, 0.3) is 0 Å². The van der Waals surface area contributed by atoms with Crippen molar-refractivity contribution in [1.82, 2.24) is 19.9 Å². The van der Waals surface area contributed by atoms with Crippen LogP contribution in [0.4, 0.5) is 11.5 Å². The topological polar surface area (TPSA) is 89.6 Å². The minimum atomic E-state index is 0.233. The lowest BCUT2D eigenvalue weighted by molar-refractivity contribution is 0.993. The summed E-state index contributed by atoms with van der Waals surface area (Å²) in [6.45, 7) is 0.478. The molecule has 2 rings (SSSR count). The van der Waals surface area contributed by atoms with Gasteiger partial charge in [0.15, 0.2) is 11.0 Å². The monoisotopic (exact) mass is 236 g/mol. The summed E-state index contributed by atoms with van der Waals surface area (Å²) < 4.78 is 0. The number of nitrogen functional groups attached to an aromatic ring is 1. The number of hydrogen-bond acceptors (Lipinski definition) is 6. The molecule has 0 saturated heterocycles. The molecule has 0 aliphatic carbocycles. The summed E-state index contributed by atoms with van der Waals surface area (Å²) in [4.78, 5) is 15.8. The van der Waals surface area contributed by atoms with Crippen molar-refractivity contribution in [1.29, 1.82) is 0 Å². The molecule has 0 atom stereocenters. The molecule has 0 aliphatic heterocycles. The van der Waals surface area contributed by atoms with Gasteiger partial charge in [0.1, 0.15) is 12.0 Å². The second-order valence-electron chi connectivity index (χ2n) is 2.98. The quantitative estimate of drug-likeness (QED) is 0.776. The second-order valence-corrected chi connectivity index (χ2v) is 3.34. The van der Waals surface area contributed by atoms with Crippen molar-refractivity contribution in [2.45, 2.75) is 6.54 Å². The molecule has 0 bridgehead atoms. The molecule has 0 amide bonds. The maximum atomic E-state index is 5.75. The van der Waals surface area contributed by atoms with Crippen molar-refractivity contribution in [2.24, 2.45) is 0 Å². The highest BCUT2D eigenvalue weighted by Gasteiger charge is 2.05. The number of rotatable bonds is 3. The van der Waals surface area contributed by atoms with Crippen LogP contribution in [0.15, 0.2) is 24.9 Å². The van der Waals surface area contributed by atoms with Crippen molar-refractivity contribution >= 4 is 23.1 Å². The molecule has 82 valence electrons. The van der Waals surface area contributed by atoms with Gasteiger partial charge in [-0.3, -0.25) is 9.97 Å². The van der Waals surface area contributed by atoms with Crippen LogP contribution < -0.4 is 11.1 Å². The first-order valence-corrected chi connectivity index (χ1v) is 4.90. The number of nitrogens with two attached hydrogens (primary N) is 1. The lowest BCUT2D eigenvalue weighted by atomic mass is 10.4. The van der Waals surface area contributed by atoms with E-state index in [4.69, 9.17) is 17.3 Å². The lowest BCUT2D eigenvalue weighted by Crippen LogP contribution is -2.06. The van der Waals surface area contributed by atoms with E-state index in [2.05, 4.69) is 25.3 Å². The molecule has 7 heteroatoms. The third kappa shape index (κ3) is 2.34. The predicted molar refractivity (Wildman–Crippen MR) is 60.8 cm³/mol. The van der Waals surface area contributed by atoms with Crippen LogP contribution in [-0.4, -0.2) is 19.9 Å². The van der Waals surface area contributed by atoms with Crippen LogP contribution in [0.1, 0.15) is 5.69 Å². The van der Waals surface area contributed by atoms with E-state index in [1.807, 2.05) is 0 Å². The number of nitrogens with one attached hydrogen (secondary N) is 1. The van der Waals surface area contributed by atoms with E-state index in [-0.39, 0.29) is 5.15 Å². The Morgan fingerprint density at radius 1 is 1.25 bits per heavy atom. The van der Waals surface area contributed by atoms with Crippen LogP contribution in [0.3, 0.4) is 0 Å². The summed E-state index contributed by atoms with van der Waals surface area (Å²) in [6, 6.07) is 0. The molecule has 2 aromatic heterocycles. The van der Waals surface area contributed by atoms with Crippen LogP contribution in [0.5, 0.6) is 0 Å². The van der Waals surface area contributed by atoms with E-state index in [9.17, 15) is 0 Å². The van der Waals surface area contributed by atoms with Crippen molar-refractivity contribution in [3.8, 4) is 0 Å². The van der Waals surface area contributed by atoms with Gasteiger partial charge in [-0.25, -0.2) is 9.97 Å². The Morgan fingerprint density at radius 3 is 2.88 bits per heavy atom. The highest BCUT2D eigenvalue weighted by molar-refractivity contribution is 6.32. The maximum absolute atomic E-state index is 5.75. The molecule has 0 unspecified atom stereocenters. The summed E-state index contributed by atoms with van der Waals surface area (Å²) in [5.41, 5.74) is 6.81. The van der Waals surface area contributed by atoms with E-state index >= 15 is 0 Å². The molecule has 3 N–H and O–H groups in total. The Labute approximate surface area is 96.9 Å². The molecule has 0 saturated carbocycles. The molecule has 0 fully saturated rings. The summed E-state index contributed by atoms with van der Waals surface area (Å²) in [5, 5.41) is 3.24. The largest absolute Gasteiger partial charge is 0.393 e. The van der Waals surface area contributed by atoms with Gasteiger partial charge < -0.3 is 11.1 Å². The molecule has 16 heavy (non-hydrogen) atoms. The number of hydrogen-bond donors (Lipinski definition) is 2. The van der Waals surface area contributed by atoms with Gasteiger partial charge in [0.05, 0.1) is 18.4 Å². The number of aromatic nitrogens is 4. The summed E-state index contributed by atoms with van der Waals surface area (Å²) >= 11 is 5.75. The van der Waals surface area contributed by atoms with Crippen LogP contribution >= 0.6 is 11.6 Å². The van der Waals surface area contributed by atoms with Crippen molar-refractivity contribution in [3.63, 3.8) is 0 Å². The molecule has 0 spiro atoms. The molecule has 2 aromatic rings. The van der Waals surface area contributed by atoms with Gasteiger partial charge >= 0.3 is 0 Å². The smallest absolute Gasteiger partial charge is 0.157 e. The second kappa shape index (κ2) is 4.71. The highest BCUT2D eigenvalue weighted by atomic mass is 35.5. The first kappa shape index (κ1) is 10.6. The molecule has 0 aliphatic rings. The molecule has 6 nitrogen and oxygen atoms in total. The molecule has 0 aromatic carbocycles. The van der Waals surface area contributed by atoms with E-state index in [1.165, 1.54) is 6.33 Å². The van der Waals surface area contributed by atoms with Crippen LogP contribution in [0.25, 0.3) is 0 Å². The van der Waals surface area contributed by atoms with Gasteiger partial charge in [-0.05, 0) is 0 Å². The third-order valence-electron chi connectivity index (χ3n) is 1.89. The summed E-state index contributed by atoms with van der Waals surface area (Å²) in [6.07, 6.45) is 6.23. The first-order chi connectivity index (χ1) is 7.77. The van der Waals surface area contributed by atoms with Gasteiger partial charge in [-0.15, -0.1) is 0 Å². The van der Waals surface area contributed by atoms with Crippen LogP contribution in [0.2, 0.25) is 5.15 Å². The number of anilines is 2. The Balaban J connectivity index is 2.08. The van der Waals surface area contributed by atoms with Crippen molar-refractivity contribution < 1.29 is 0 Å². The Bertz CT molecular complexity index is 475. The van der Waals surface area contributed by atoms with Gasteiger partial charge in [-0.1, -0.05) is 11.6 Å². The van der Waals surface area contributed by atoms with Crippen LogP contribution in [0, 0.1) is 0 Å². The van der Waals surface area contributed by atoms with Crippen molar-refractivity contribution in [2.75, 3.05) is 11.1 Å². The number of nitrogens with zero attached hydrogens (tertiary/aromatic N) is 4. The van der Waals surface area contributed by atoms with Gasteiger partial charge in [-0.2, -0.15) is 0 Å². The maximum Gasteiger partial charge on any atom is 0.157 e. The van der Waals surface area contributed by atoms with E-state index in [0.717, 1.165) is 5.69 Å². The van der Waals surface area contributed by atoms with Crippen LogP contribution in [-0.2, 0) is 6.54 Å². The van der Waals surface area contributed by atoms with E-state index in [0.29, 0.717) is 18.1 Å². The highest BCUT2D eigenvalue weighted by Crippen LogP contribution is 2.21. The zero-order valence-electron chi connectivity index (χ0n) is 8.26. The first-order valence-electron chi connectivity index (χ1n) is 4.52. The standard InChI is InChI=1S/C9H9ClN6/c10-8-7(11)9(16-5-15-8)14-4-6-3-12-1-2-13-6/h1-3,5H,4,11H2,(H,14,15,16). The molecule has 0 radical (unpaired) electrons. The normalized spacial score (nSPS) is 10.1. The average molecular weight is 237 g/mol. The molecular formula is C9H9ClN6.